The zero-order chi connectivity index (χ0) is 16.2. The quantitative estimate of drug-likeness (QED) is 0.912. The van der Waals surface area contributed by atoms with E-state index in [1.807, 2.05) is 32.2 Å². The van der Waals surface area contributed by atoms with Crippen molar-refractivity contribution < 1.29 is 13.3 Å². The van der Waals surface area contributed by atoms with Crippen LogP contribution in [0.15, 0.2) is 22.7 Å². The number of benzene rings is 1. The Morgan fingerprint density at radius 2 is 2.00 bits per heavy atom. The standard InChI is InChI=1S/C17H19F2N3O/c1-10-3-4-11(5-13(10)20-2)14-21-15(23-22-14)12-6-16(7-12)8-17(18,19)9-16/h3-5,12,20H,6-9H2,1-2H3. The summed E-state index contributed by atoms with van der Waals surface area (Å²) in [6, 6.07) is 5.95. The predicted molar refractivity (Wildman–Crippen MR) is 82.6 cm³/mol. The average molecular weight is 319 g/mol. The van der Waals surface area contributed by atoms with Crippen LogP contribution >= 0.6 is 0 Å². The molecular formula is C17H19F2N3O. The van der Waals surface area contributed by atoms with Crippen LogP contribution < -0.4 is 5.32 Å². The fourth-order valence-corrected chi connectivity index (χ4v) is 4.04. The Labute approximate surface area is 133 Å². The Morgan fingerprint density at radius 3 is 2.65 bits per heavy atom. The first-order valence-electron chi connectivity index (χ1n) is 7.90. The van der Waals surface area contributed by atoms with Gasteiger partial charge >= 0.3 is 0 Å². The number of nitrogens with one attached hydrogen (secondary N) is 1. The van der Waals surface area contributed by atoms with Gasteiger partial charge in [-0.2, -0.15) is 4.98 Å². The highest BCUT2D eigenvalue weighted by atomic mass is 19.3. The van der Waals surface area contributed by atoms with Crippen molar-refractivity contribution >= 4 is 5.69 Å². The van der Waals surface area contributed by atoms with E-state index in [1.54, 1.807) is 0 Å². The van der Waals surface area contributed by atoms with Gasteiger partial charge in [-0.05, 0) is 36.8 Å². The molecule has 1 heterocycles. The van der Waals surface area contributed by atoms with E-state index < -0.39 is 5.92 Å². The number of hydrogen-bond donors (Lipinski definition) is 1. The maximum atomic E-state index is 13.1. The van der Waals surface area contributed by atoms with Gasteiger partial charge in [0.2, 0.25) is 17.6 Å². The molecule has 2 aliphatic rings. The van der Waals surface area contributed by atoms with Crippen molar-refractivity contribution in [3.63, 3.8) is 0 Å². The van der Waals surface area contributed by atoms with Crippen molar-refractivity contribution in [1.29, 1.82) is 0 Å². The number of rotatable bonds is 3. The van der Waals surface area contributed by atoms with Crippen molar-refractivity contribution in [2.75, 3.05) is 12.4 Å². The summed E-state index contributed by atoms with van der Waals surface area (Å²) in [6.07, 6.45) is 1.50. The number of alkyl halides is 2. The summed E-state index contributed by atoms with van der Waals surface area (Å²) in [5.41, 5.74) is 2.88. The number of nitrogens with zero attached hydrogens (tertiary/aromatic N) is 2. The Morgan fingerprint density at radius 1 is 1.26 bits per heavy atom. The molecule has 0 aliphatic heterocycles. The summed E-state index contributed by atoms with van der Waals surface area (Å²) in [7, 11) is 1.87. The Balaban J connectivity index is 1.48. The minimum absolute atomic E-state index is 0.0149. The first-order chi connectivity index (χ1) is 10.9. The third kappa shape index (κ3) is 2.40. The lowest BCUT2D eigenvalue weighted by molar-refractivity contribution is -0.198. The highest BCUT2D eigenvalue weighted by Crippen LogP contribution is 2.66. The molecule has 2 aliphatic carbocycles. The highest BCUT2D eigenvalue weighted by molar-refractivity contribution is 5.64. The number of anilines is 1. The Bertz CT molecular complexity index is 740. The van der Waals surface area contributed by atoms with Crippen molar-refractivity contribution in [2.24, 2.45) is 5.41 Å². The summed E-state index contributed by atoms with van der Waals surface area (Å²) in [5.74, 6) is -1.21. The molecule has 0 bridgehead atoms. The molecule has 4 rings (SSSR count). The second-order valence-electron chi connectivity index (χ2n) is 7.05. The largest absolute Gasteiger partial charge is 0.388 e. The molecule has 1 aromatic carbocycles. The minimum atomic E-state index is -2.46. The minimum Gasteiger partial charge on any atom is -0.388 e. The molecule has 2 aromatic rings. The summed E-state index contributed by atoms with van der Waals surface area (Å²) in [4.78, 5) is 4.47. The molecule has 0 unspecified atom stereocenters. The van der Waals surface area contributed by atoms with Crippen LogP contribution in [0.1, 0.15) is 43.1 Å². The molecule has 4 nitrogen and oxygen atoms in total. The summed E-state index contributed by atoms with van der Waals surface area (Å²) >= 11 is 0. The fraction of sp³-hybridized carbons (Fsp3) is 0.529. The van der Waals surface area contributed by atoms with E-state index in [1.165, 1.54) is 0 Å². The monoisotopic (exact) mass is 319 g/mol. The molecule has 23 heavy (non-hydrogen) atoms. The summed E-state index contributed by atoms with van der Waals surface area (Å²) in [5, 5.41) is 7.19. The van der Waals surface area contributed by atoms with E-state index in [-0.39, 0.29) is 24.2 Å². The van der Waals surface area contributed by atoms with Crippen molar-refractivity contribution in [2.45, 2.75) is 44.4 Å². The van der Waals surface area contributed by atoms with Gasteiger partial charge < -0.3 is 9.84 Å². The Kier molecular flexibility index (Phi) is 3.02. The fourth-order valence-electron chi connectivity index (χ4n) is 4.04. The highest BCUT2D eigenvalue weighted by Gasteiger charge is 2.62. The molecule has 0 amide bonds. The lowest BCUT2D eigenvalue weighted by Crippen LogP contribution is -2.52. The summed E-state index contributed by atoms with van der Waals surface area (Å²) < 4.78 is 31.5. The van der Waals surface area contributed by atoms with E-state index in [0.29, 0.717) is 11.7 Å². The van der Waals surface area contributed by atoms with Gasteiger partial charge in [-0.25, -0.2) is 8.78 Å². The molecule has 2 fully saturated rings. The molecular weight excluding hydrogens is 300 g/mol. The topological polar surface area (TPSA) is 51.0 Å². The SMILES string of the molecule is CNc1cc(-c2noc(C3CC4(C3)CC(F)(F)C4)n2)ccc1C. The van der Waals surface area contributed by atoms with Gasteiger partial charge in [0.05, 0.1) is 0 Å². The van der Waals surface area contributed by atoms with Crippen LogP contribution in [0.4, 0.5) is 14.5 Å². The van der Waals surface area contributed by atoms with Crippen LogP contribution in [0.3, 0.4) is 0 Å². The zero-order valence-electron chi connectivity index (χ0n) is 13.2. The van der Waals surface area contributed by atoms with E-state index >= 15 is 0 Å². The molecule has 6 heteroatoms. The molecule has 0 atom stereocenters. The van der Waals surface area contributed by atoms with Crippen LogP contribution in [0.5, 0.6) is 0 Å². The van der Waals surface area contributed by atoms with E-state index in [0.717, 1.165) is 29.7 Å². The first-order valence-corrected chi connectivity index (χ1v) is 7.90. The normalized spacial score (nSPS) is 21.7. The van der Waals surface area contributed by atoms with Crippen LogP contribution in [-0.2, 0) is 0 Å². The second kappa shape index (κ2) is 4.76. The third-order valence-electron chi connectivity index (χ3n) is 5.18. The zero-order valence-corrected chi connectivity index (χ0v) is 13.2. The second-order valence-corrected chi connectivity index (χ2v) is 7.05. The number of hydrogen-bond acceptors (Lipinski definition) is 4. The van der Waals surface area contributed by atoms with Crippen LogP contribution in [0, 0.1) is 12.3 Å². The van der Waals surface area contributed by atoms with Crippen LogP contribution in [-0.4, -0.2) is 23.1 Å². The molecule has 0 radical (unpaired) electrons. The maximum absolute atomic E-state index is 13.1. The molecule has 1 aromatic heterocycles. The molecule has 0 saturated heterocycles. The molecule has 122 valence electrons. The van der Waals surface area contributed by atoms with Crippen molar-refractivity contribution in [3.8, 4) is 11.4 Å². The summed E-state index contributed by atoms with van der Waals surface area (Å²) in [6.45, 7) is 2.03. The van der Waals surface area contributed by atoms with Gasteiger partial charge in [0.25, 0.3) is 0 Å². The van der Waals surface area contributed by atoms with Gasteiger partial charge in [-0.1, -0.05) is 17.3 Å². The van der Waals surface area contributed by atoms with Crippen LogP contribution in [0.25, 0.3) is 11.4 Å². The Hall–Kier alpha value is -1.98. The average Bonchev–Trinajstić information content (AvgIpc) is 2.91. The first kappa shape index (κ1) is 14.6. The smallest absolute Gasteiger partial charge is 0.249 e. The number of aromatic nitrogens is 2. The maximum Gasteiger partial charge on any atom is 0.249 e. The predicted octanol–water partition coefficient (Wildman–Crippen LogP) is 4.38. The molecule has 1 spiro atoms. The van der Waals surface area contributed by atoms with E-state index in [2.05, 4.69) is 15.5 Å². The lowest BCUT2D eigenvalue weighted by Gasteiger charge is -2.56. The molecule has 1 N–H and O–H groups in total. The van der Waals surface area contributed by atoms with Gasteiger partial charge in [-0.15, -0.1) is 0 Å². The van der Waals surface area contributed by atoms with Gasteiger partial charge in [0.1, 0.15) is 0 Å². The van der Waals surface area contributed by atoms with Gasteiger partial charge in [-0.3, -0.25) is 0 Å². The van der Waals surface area contributed by atoms with Crippen molar-refractivity contribution in [3.05, 3.63) is 29.7 Å². The number of halogens is 2. The van der Waals surface area contributed by atoms with Gasteiger partial charge in [0, 0.05) is 37.1 Å². The van der Waals surface area contributed by atoms with E-state index in [4.69, 9.17) is 4.52 Å². The van der Waals surface area contributed by atoms with Crippen LogP contribution in [0.2, 0.25) is 0 Å². The van der Waals surface area contributed by atoms with Crippen molar-refractivity contribution in [1.82, 2.24) is 10.1 Å². The number of aryl methyl sites for hydroxylation is 1. The third-order valence-corrected chi connectivity index (χ3v) is 5.18. The lowest BCUT2D eigenvalue weighted by atomic mass is 9.50. The van der Waals surface area contributed by atoms with Gasteiger partial charge in [0.15, 0.2) is 0 Å². The molecule has 2 saturated carbocycles. The van der Waals surface area contributed by atoms with E-state index in [9.17, 15) is 8.78 Å².